The highest BCUT2D eigenvalue weighted by Gasteiger charge is 2.34. The molecule has 0 aromatic heterocycles. The van der Waals surface area contributed by atoms with Gasteiger partial charge in [-0.15, -0.1) is 0 Å². The third-order valence-electron chi connectivity index (χ3n) is 3.89. The monoisotopic (exact) mass is 275 g/mol. The Balaban J connectivity index is 1.77. The highest BCUT2D eigenvalue weighted by molar-refractivity contribution is 8.03. The lowest BCUT2D eigenvalue weighted by Crippen LogP contribution is -2.42. The first kappa shape index (κ1) is 14.0. The van der Waals surface area contributed by atoms with Crippen LogP contribution in [0.25, 0.3) is 0 Å². The van der Waals surface area contributed by atoms with Crippen molar-refractivity contribution in [3.8, 4) is 0 Å². The van der Waals surface area contributed by atoms with Crippen LogP contribution in [0.2, 0.25) is 0 Å². The molecule has 17 heavy (non-hydrogen) atoms. The molecule has 4 heteroatoms. The van der Waals surface area contributed by atoms with Crippen molar-refractivity contribution in [3.05, 3.63) is 0 Å². The predicted octanol–water partition coefficient (Wildman–Crippen LogP) is 2.63. The lowest BCUT2D eigenvalue weighted by atomic mass is 9.87. The van der Waals surface area contributed by atoms with Gasteiger partial charge >= 0.3 is 0 Å². The first-order valence-corrected chi connectivity index (χ1v) is 9.03. The van der Waals surface area contributed by atoms with Gasteiger partial charge in [0.25, 0.3) is 0 Å². The van der Waals surface area contributed by atoms with Crippen molar-refractivity contribution in [1.82, 2.24) is 5.32 Å². The van der Waals surface area contributed by atoms with E-state index in [1.807, 2.05) is 7.11 Å². The zero-order valence-corrected chi connectivity index (χ0v) is 12.5. The second-order valence-electron chi connectivity index (χ2n) is 5.37. The number of thioether (sulfide) groups is 2. The smallest absolute Gasteiger partial charge is 0.0530 e. The van der Waals surface area contributed by atoms with E-state index in [-0.39, 0.29) is 0 Å². The molecule has 1 aliphatic carbocycles. The molecule has 0 aromatic carbocycles. The largest absolute Gasteiger partial charge is 0.384 e. The molecule has 1 saturated heterocycles. The van der Waals surface area contributed by atoms with Crippen LogP contribution >= 0.6 is 23.5 Å². The Morgan fingerprint density at radius 3 is 2.41 bits per heavy atom. The van der Waals surface area contributed by atoms with E-state index >= 15 is 0 Å². The van der Waals surface area contributed by atoms with Gasteiger partial charge in [0, 0.05) is 48.1 Å². The van der Waals surface area contributed by atoms with Crippen molar-refractivity contribution >= 4 is 23.5 Å². The SMILES string of the molecule is COCC1(CNC2CSCCSC2)CCCC1. The maximum atomic E-state index is 5.44. The van der Waals surface area contributed by atoms with E-state index in [1.54, 1.807) is 0 Å². The number of nitrogens with one attached hydrogen (secondary N) is 1. The van der Waals surface area contributed by atoms with Crippen LogP contribution in [-0.4, -0.2) is 49.3 Å². The molecule has 0 radical (unpaired) electrons. The molecule has 1 saturated carbocycles. The van der Waals surface area contributed by atoms with Crippen LogP contribution in [0.5, 0.6) is 0 Å². The Kier molecular flexibility index (Phi) is 6.00. The fourth-order valence-electron chi connectivity index (χ4n) is 2.90. The van der Waals surface area contributed by atoms with Gasteiger partial charge in [0.05, 0.1) is 6.61 Å². The molecule has 0 spiro atoms. The van der Waals surface area contributed by atoms with Gasteiger partial charge in [-0.05, 0) is 12.8 Å². The van der Waals surface area contributed by atoms with Gasteiger partial charge in [0.2, 0.25) is 0 Å². The number of rotatable bonds is 5. The average molecular weight is 275 g/mol. The van der Waals surface area contributed by atoms with E-state index < -0.39 is 0 Å². The fourth-order valence-corrected chi connectivity index (χ4v) is 5.36. The van der Waals surface area contributed by atoms with Gasteiger partial charge in [0.1, 0.15) is 0 Å². The van der Waals surface area contributed by atoms with Crippen molar-refractivity contribution in [2.75, 3.05) is 43.3 Å². The third-order valence-corrected chi connectivity index (χ3v) is 6.41. The topological polar surface area (TPSA) is 21.3 Å². The Morgan fingerprint density at radius 2 is 1.82 bits per heavy atom. The Labute approximate surface area is 114 Å². The van der Waals surface area contributed by atoms with Crippen molar-refractivity contribution in [1.29, 1.82) is 0 Å². The Morgan fingerprint density at radius 1 is 1.18 bits per heavy atom. The van der Waals surface area contributed by atoms with Gasteiger partial charge < -0.3 is 10.1 Å². The number of ether oxygens (including phenoxy) is 1. The summed E-state index contributed by atoms with van der Waals surface area (Å²) in [4.78, 5) is 0. The van der Waals surface area contributed by atoms with E-state index in [4.69, 9.17) is 4.74 Å². The zero-order valence-electron chi connectivity index (χ0n) is 10.9. The molecule has 2 fully saturated rings. The summed E-state index contributed by atoms with van der Waals surface area (Å²) >= 11 is 4.21. The molecule has 0 aromatic rings. The lowest BCUT2D eigenvalue weighted by Gasteiger charge is -2.30. The zero-order chi connectivity index (χ0) is 12.0. The first-order valence-electron chi connectivity index (χ1n) is 6.72. The Hall–Kier alpha value is 0.620. The molecule has 2 aliphatic rings. The van der Waals surface area contributed by atoms with E-state index in [1.165, 1.54) is 48.7 Å². The van der Waals surface area contributed by atoms with Crippen LogP contribution in [0.4, 0.5) is 0 Å². The maximum Gasteiger partial charge on any atom is 0.0530 e. The fraction of sp³-hybridized carbons (Fsp3) is 1.00. The summed E-state index contributed by atoms with van der Waals surface area (Å²) in [7, 11) is 1.84. The van der Waals surface area contributed by atoms with E-state index in [2.05, 4.69) is 28.8 Å². The summed E-state index contributed by atoms with van der Waals surface area (Å²) in [6, 6.07) is 0.710. The molecular weight excluding hydrogens is 250 g/mol. The first-order chi connectivity index (χ1) is 8.35. The van der Waals surface area contributed by atoms with Crippen LogP contribution in [-0.2, 0) is 4.74 Å². The second-order valence-corrected chi connectivity index (χ2v) is 7.67. The Bertz CT molecular complexity index is 211. The molecule has 0 bridgehead atoms. The minimum atomic E-state index is 0.441. The van der Waals surface area contributed by atoms with Gasteiger partial charge in [-0.1, -0.05) is 12.8 Å². The molecule has 0 atom stereocenters. The molecular formula is C13H25NOS2. The summed E-state index contributed by atoms with van der Waals surface area (Å²) in [5.74, 6) is 5.23. The minimum Gasteiger partial charge on any atom is -0.384 e. The second kappa shape index (κ2) is 7.27. The number of hydrogen-bond donors (Lipinski definition) is 1. The summed E-state index contributed by atoms with van der Waals surface area (Å²) in [6.07, 6.45) is 5.47. The van der Waals surface area contributed by atoms with Gasteiger partial charge in [-0.2, -0.15) is 23.5 Å². The molecule has 100 valence electrons. The average Bonchev–Trinajstić information content (AvgIpc) is 2.64. The van der Waals surface area contributed by atoms with Crippen molar-refractivity contribution in [2.45, 2.75) is 31.7 Å². The predicted molar refractivity (Wildman–Crippen MR) is 79.2 cm³/mol. The highest BCUT2D eigenvalue weighted by Crippen LogP contribution is 2.37. The molecule has 1 N–H and O–H groups in total. The number of hydrogen-bond acceptors (Lipinski definition) is 4. The van der Waals surface area contributed by atoms with Crippen LogP contribution in [0, 0.1) is 5.41 Å². The summed E-state index contributed by atoms with van der Waals surface area (Å²) in [5.41, 5.74) is 0.441. The van der Waals surface area contributed by atoms with Gasteiger partial charge in [0.15, 0.2) is 0 Å². The van der Waals surface area contributed by atoms with Crippen molar-refractivity contribution in [3.63, 3.8) is 0 Å². The number of methoxy groups -OCH3 is 1. The van der Waals surface area contributed by atoms with E-state index in [9.17, 15) is 0 Å². The van der Waals surface area contributed by atoms with E-state index in [0.29, 0.717) is 11.5 Å². The van der Waals surface area contributed by atoms with Gasteiger partial charge in [-0.3, -0.25) is 0 Å². The normalized spacial score (nSPS) is 25.9. The molecule has 2 nitrogen and oxygen atoms in total. The van der Waals surface area contributed by atoms with Crippen LogP contribution < -0.4 is 5.32 Å². The maximum absolute atomic E-state index is 5.44. The van der Waals surface area contributed by atoms with Crippen molar-refractivity contribution in [2.24, 2.45) is 5.41 Å². The summed E-state index contributed by atoms with van der Waals surface area (Å²) in [5, 5.41) is 3.81. The lowest BCUT2D eigenvalue weighted by molar-refractivity contribution is 0.0814. The molecule has 1 heterocycles. The minimum absolute atomic E-state index is 0.441. The summed E-state index contributed by atoms with van der Waals surface area (Å²) in [6.45, 7) is 2.10. The van der Waals surface area contributed by atoms with Crippen molar-refractivity contribution < 1.29 is 4.74 Å². The molecule has 2 rings (SSSR count). The molecule has 1 aliphatic heterocycles. The van der Waals surface area contributed by atoms with Gasteiger partial charge in [-0.25, -0.2) is 0 Å². The van der Waals surface area contributed by atoms with Crippen LogP contribution in [0.1, 0.15) is 25.7 Å². The molecule has 0 amide bonds. The standard InChI is InChI=1S/C13H25NOS2/c1-15-11-13(4-2-3-5-13)10-14-12-8-16-6-7-17-9-12/h12,14H,2-11H2,1H3. The van der Waals surface area contributed by atoms with E-state index in [0.717, 1.165) is 13.2 Å². The third kappa shape index (κ3) is 4.34. The van der Waals surface area contributed by atoms with Crippen LogP contribution in [0.15, 0.2) is 0 Å². The molecule has 0 unspecified atom stereocenters. The van der Waals surface area contributed by atoms with Crippen LogP contribution in [0.3, 0.4) is 0 Å². The summed E-state index contributed by atoms with van der Waals surface area (Å²) < 4.78 is 5.44. The highest BCUT2D eigenvalue weighted by atomic mass is 32.2. The quantitative estimate of drug-likeness (QED) is 0.832.